The van der Waals surface area contributed by atoms with E-state index in [-0.39, 0.29) is 6.10 Å². The van der Waals surface area contributed by atoms with Crippen LogP contribution in [0.5, 0.6) is 0 Å². The molecule has 0 heterocycles. The molecular weight excluding hydrogens is 352 g/mol. The van der Waals surface area contributed by atoms with E-state index in [1.165, 1.54) is 37.7 Å². The summed E-state index contributed by atoms with van der Waals surface area (Å²) in [6.45, 7) is 14.4. The third-order valence-corrected chi connectivity index (χ3v) is 8.99. The van der Waals surface area contributed by atoms with Crippen molar-refractivity contribution in [2.24, 2.45) is 40.9 Å². The summed E-state index contributed by atoms with van der Waals surface area (Å²) in [7, 11) is 0. The van der Waals surface area contributed by atoms with Crippen LogP contribution >= 0.6 is 0 Å². The summed E-state index contributed by atoms with van der Waals surface area (Å²) < 4.78 is 0. The van der Waals surface area contributed by atoms with Gasteiger partial charge in [0, 0.05) is 0 Å². The van der Waals surface area contributed by atoms with Crippen molar-refractivity contribution < 1.29 is 5.11 Å². The van der Waals surface area contributed by atoms with Crippen molar-refractivity contribution in [3.63, 3.8) is 0 Å². The van der Waals surface area contributed by atoms with Crippen LogP contribution in [0, 0.1) is 40.9 Å². The number of rotatable bonds is 5. The Labute approximate surface area is 180 Å². The first-order valence-electron chi connectivity index (χ1n) is 12.5. The van der Waals surface area contributed by atoms with Crippen LogP contribution in [-0.2, 0) is 0 Å². The lowest BCUT2D eigenvalue weighted by atomic mass is 9.61. The number of fused-ring (bicyclic) bond motifs is 1. The van der Waals surface area contributed by atoms with Gasteiger partial charge < -0.3 is 5.11 Å². The summed E-state index contributed by atoms with van der Waals surface area (Å²) >= 11 is 0. The largest absolute Gasteiger partial charge is 0.393 e. The molecule has 7 atom stereocenters. The van der Waals surface area contributed by atoms with Crippen LogP contribution in [0.1, 0.15) is 92.9 Å². The topological polar surface area (TPSA) is 20.2 Å². The molecule has 1 N–H and O–H groups in total. The highest BCUT2D eigenvalue weighted by molar-refractivity contribution is 5.27. The Morgan fingerprint density at radius 1 is 0.966 bits per heavy atom. The van der Waals surface area contributed by atoms with E-state index in [0.717, 1.165) is 37.0 Å². The lowest BCUT2D eigenvalue weighted by molar-refractivity contribution is 0.112. The zero-order valence-electron chi connectivity index (χ0n) is 20.0. The van der Waals surface area contributed by atoms with Crippen LogP contribution in [0.25, 0.3) is 0 Å². The lowest BCUT2D eigenvalue weighted by Gasteiger charge is -2.44. The van der Waals surface area contributed by atoms with Crippen LogP contribution in [0.3, 0.4) is 0 Å². The maximum Gasteiger partial charge on any atom is 0.0577 e. The highest BCUT2D eigenvalue weighted by Crippen LogP contribution is 2.59. The fourth-order valence-electron chi connectivity index (χ4n) is 6.50. The molecule has 29 heavy (non-hydrogen) atoms. The Kier molecular flexibility index (Phi) is 7.52. The number of allylic oxidation sites excluding steroid dienone is 5. The van der Waals surface area contributed by atoms with Crippen molar-refractivity contribution >= 4 is 0 Å². The van der Waals surface area contributed by atoms with E-state index >= 15 is 0 Å². The SMILES string of the molecule is CC(C)C(C)/C=C/[C@@H](C)[C@H]1CC[C@H]2/C(=C/C=C3\C[C@H](O)CC[C@@H]3C)CCC[C@]12C. The first kappa shape index (κ1) is 22.9. The van der Waals surface area contributed by atoms with Gasteiger partial charge in [0.05, 0.1) is 6.10 Å². The number of hydrogen-bond donors (Lipinski definition) is 1. The summed E-state index contributed by atoms with van der Waals surface area (Å²) in [5.74, 6) is 4.29. The van der Waals surface area contributed by atoms with Gasteiger partial charge in [-0.3, -0.25) is 0 Å². The van der Waals surface area contributed by atoms with Crippen molar-refractivity contribution in [2.75, 3.05) is 0 Å². The molecule has 1 heteroatoms. The van der Waals surface area contributed by atoms with Crippen molar-refractivity contribution in [1.29, 1.82) is 0 Å². The molecule has 3 fully saturated rings. The number of hydrogen-bond acceptors (Lipinski definition) is 1. The molecule has 0 saturated heterocycles. The zero-order chi connectivity index (χ0) is 21.2. The Balaban J connectivity index is 1.74. The van der Waals surface area contributed by atoms with Gasteiger partial charge in [-0.1, -0.05) is 77.0 Å². The summed E-state index contributed by atoms with van der Waals surface area (Å²) in [6, 6.07) is 0. The monoisotopic (exact) mass is 398 g/mol. The van der Waals surface area contributed by atoms with Crippen LogP contribution in [0.4, 0.5) is 0 Å². The Morgan fingerprint density at radius 3 is 2.41 bits per heavy atom. The fourth-order valence-corrected chi connectivity index (χ4v) is 6.50. The minimum atomic E-state index is -0.121. The lowest BCUT2D eigenvalue weighted by Crippen LogP contribution is -2.35. The molecule has 0 aromatic carbocycles. The standard InChI is InChI=1S/C28H46O/c1-19(2)20(3)9-10-22(5)26-15-16-27-23(8-7-17-28(26,27)6)12-13-24-18-25(29)14-11-21(24)4/h9-10,12-13,19-22,25-27,29H,7-8,11,14-18H2,1-6H3/b10-9+,23-12+,24-13+/t20?,21-,22+,25+,26+,27-,28+/m0/s1. The molecule has 0 aliphatic heterocycles. The van der Waals surface area contributed by atoms with E-state index in [0.29, 0.717) is 23.2 Å². The van der Waals surface area contributed by atoms with Gasteiger partial charge in [0.1, 0.15) is 0 Å². The van der Waals surface area contributed by atoms with Crippen LogP contribution in [-0.4, -0.2) is 11.2 Å². The molecule has 0 aromatic heterocycles. The highest BCUT2D eigenvalue weighted by Gasteiger charge is 2.50. The predicted molar refractivity (Wildman–Crippen MR) is 126 cm³/mol. The van der Waals surface area contributed by atoms with Gasteiger partial charge in [-0.05, 0) is 92.3 Å². The molecule has 164 valence electrons. The van der Waals surface area contributed by atoms with Crippen molar-refractivity contribution in [2.45, 2.75) is 99.0 Å². The minimum Gasteiger partial charge on any atom is -0.393 e. The number of aliphatic hydroxyl groups is 1. The van der Waals surface area contributed by atoms with Gasteiger partial charge in [-0.25, -0.2) is 0 Å². The highest BCUT2D eigenvalue weighted by atomic mass is 16.3. The third-order valence-electron chi connectivity index (χ3n) is 8.99. The smallest absolute Gasteiger partial charge is 0.0577 e. The predicted octanol–water partition coefficient (Wildman–Crippen LogP) is 7.72. The van der Waals surface area contributed by atoms with E-state index in [1.807, 2.05) is 0 Å². The molecule has 1 nitrogen and oxygen atoms in total. The van der Waals surface area contributed by atoms with Crippen LogP contribution < -0.4 is 0 Å². The van der Waals surface area contributed by atoms with E-state index in [1.54, 1.807) is 5.57 Å². The molecule has 3 rings (SSSR count). The van der Waals surface area contributed by atoms with Crippen LogP contribution in [0.2, 0.25) is 0 Å². The van der Waals surface area contributed by atoms with E-state index in [2.05, 4.69) is 65.8 Å². The zero-order valence-corrected chi connectivity index (χ0v) is 20.0. The minimum absolute atomic E-state index is 0.121. The van der Waals surface area contributed by atoms with Crippen LogP contribution in [0.15, 0.2) is 35.5 Å². The van der Waals surface area contributed by atoms with Crippen molar-refractivity contribution in [3.8, 4) is 0 Å². The summed E-state index contributed by atoms with van der Waals surface area (Å²) in [6.07, 6.45) is 19.5. The Morgan fingerprint density at radius 2 is 1.69 bits per heavy atom. The number of aliphatic hydroxyl groups excluding tert-OH is 1. The second kappa shape index (κ2) is 9.54. The first-order valence-corrected chi connectivity index (χ1v) is 12.5. The summed E-state index contributed by atoms with van der Waals surface area (Å²) in [4.78, 5) is 0. The van der Waals surface area contributed by atoms with Gasteiger partial charge in [-0.15, -0.1) is 0 Å². The quantitative estimate of drug-likeness (QED) is 0.470. The van der Waals surface area contributed by atoms with E-state index in [4.69, 9.17) is 0 Å². The third kappa shape index (κ3) is 5.09. The van der Waals surface area contributed by atoms with E-state index in [9.17, 15) is 5.11 Å². The molecule has 1 unspecified atom stereocenters. The fraction of sp³-hybridized carbons (Fsp3) is 0.786. The summed E-state index contributed by atoms with van der Waals surface area (Å²) in [5.41, 5.74) is 3.63. The van der Waals surface area contributed by atoms with Gasteiger partial charge in [-0.2, -0.15) is 0 Å². The molecular formula is C28H46O. The van der Waals surface area contributed by atoms with Crippen molar-refractivity contribution in [3.05, 3.63) is 35.5 Å². The average Bonchev–Trinajstić information content (AvgIpc) is 3.04. The molecule has 3 aliphatic rings. The van der Waals surface area contributed by atoms with E-state index < -0.39 is 0 Å². The van der Waals surface area contributed by atoms with Gasteiger partial charge in [0.2, 0.25) is 0 Å². The first-order chi connectivity index (χ1) is 13.7. The maximum absolute atomic E-state index is 10.1. The van der Waals surface area contributed by atoms with Gasteiger partial charge in [0.15, 0.2) is 0 Å². The normalized spacial score (nSPS) is 40.7. The average molecular weight is 399 g/mol. The molecule has 0 radical (unpaired) electrons. The molecule has 3 saturated carbocycles. The molecule has 0 bridgehead atoms. The Bertz CT molecular complexity index is 639. The maximum atomic E-state index is 10.1. The van der Waals surface area contributed by atoms with Crippen molar-refractivity contribution in [1.82, 2.24) is 0 Å². The molecule has 0 aromatic rings. The Hall–Kier alpha value is -0.820. The summed E-state index contributed by atoms with van der Waals surface area (Å²) in [5, 5.41) is 10.1. The van der Waals surface area contributed by atoms with Gasteiger partial charge >= 0.3 is 0 Å². The second-order valence-electron chi connectivity index (χ2n) is 11.3. The van der Waals surface area contributed by atoms with Gasteiger partial charge in [0.25, 0.3) is 0 Å². The molecule has 3 aliphatic carbocycles. The molecule has 0 amide bonds. The molecule has 0 spiro atoms. The second-order valence-corrected chi connectivity index (χ2v) is 11.3.